The molecule has 1 heterocycles. The van der Waals surface area contributed by atoms with Crippen molar-refractivity contribution in [2.75, 3.05) is 6.61 Å². The van der Waals surface area contributed by atoms with Crippen molar-refractivity contribution < 1.29 is 19.0 Å². The largest absolute Gasteiger partial charge is 0.482 e. The van der Waals surface area contributed by atoms with Crippen LogP contribution in [0.25, 0.3) is 0 Å². The van der Waals surface area contributed by atoms with Crippen LogP contribution in [0.1, 0.15) is 17.0 Å². The standard InChI is InChI=1S/C24H16BrClN2O4/c25-14-5-7-15(8-6-14)30-13-22(29)31-16-9-10-18-21(11-16)32-24(28)19(12-27)23(18)17-3-1-2-4-20(17)26/h1-11,23H,13,28H2. The number of carbonyl (C=O) groups is 1. The number of ether oxygens (including phenoxy) is 3. The topological polar surface area (TPSA) is 94.6 Å². The second-order valence-corrected chi connectivity index (χ2v) is 8.19. The van der Waals surface area contributed by atoms with Gasteiger partial charge in [0.2, 0.25) is 5.88 Å². The molecule has 1 aliphatic rings. The van der Waals surface area contributed by atoms with Gasteiger partial charge in [0.15, 0.2) is 6.61 Å². The average Bonchev–Trinajstić information content (AvgIpc) is 2.78. The molecule has 2 N–H and O–H groups in total. The van der Waals surface area contributed by atoms with Gasteiger partial charge >= 0.3 is 5.97 Å². The van der Waals surface area contributed by atoms with Crippen LogP contribution >= 0.6 is 27.5 Å². The molecule has 0 amide bonds. The number of nitrogens with zero attached hydrogens (tertiary/aromatic N) is 1. The second-order valence-electron chi connectivity index (χ2n) is 6.86. The average molecular weight is 512 g/mol. The summed E-state index contributed by atoms with van der Waals surface area (Å²) in [4.78, 5) is 12.2. The quantitative estimate of drug-likeness (QED) is 0.369. The molecule has 0 fully saturated rings. The predicted octanol–water partition coefficient (Wildman–Crippen LogP) is 5.31. The van der Waals surface area contributed by atoms with Gasteiger partial charge in [0.1, 0.15) is 28.9 Å². The van der Waals surface area contributed by atoms with Crippen molar-refractivity contribution in [2.24, 2.45) is 5.73 Å². The van der Waals surface area contributed by atoms with Crippen LogP contribution in [0.2, 0.25) is 5.02 Å². The van der Waals surface area contributed by atoms with E-state index in [0.717, 1.165) is 10.0 Å². The van der Waals surface area contributed by atoms with E-state index in [1.807, 2.05) is 30.3 Å². The third kappa shape index (κ3) is 4.57. The molecule has 0 radical (unpaired) electrons. The highest BCUT2D eigenvalue weighted by Crippen LogP contribution is 2.45. The van der Waals surface area contributed by atoms with Crippen molar-refractivity contribution in [3.63, 3.8) is 0 Å². The zero-order valence-electron chi connectivity index (χ0n) is 16.5. The molecule has 1 atom stereocenters. The fourth-order valence-electron chi connectivity index (χ4n) is 3.36. The van der Waals surface area contributed by atoms with Crippen LogP contribution in [-0.2, 0) is 4.79 Å². The Balaban J connectivity index is 1.55. The molecule has 32 heavy (non-hydrogen) atoms. The Bertz CT molecular complexity index is 1250. The molecule has 0 bridgehead atoms. The molecule has 0 aliphatic carbocycles. The highest BCUT2D eigenvalue weighted by atomic mass is 79.9. The Labute approximate surface area is 197 Å². The second kappa shape index (κ2) is 9.35. The van der Waals surface area contributed by atoms with Crippen LogP contribution in [0.15, 0.2) is 82.7 Å². The van der Waals surface area contributed by atoms with Crippen LogP contribution < -0.4 is 19.9 Å². The van der Waals surface area contributed by atoms with Gasteiger partial charge in [-0.15, -0.1) is 0 Å². The molecule has 3 aromatic rings. The van der Waals surface area contributed by atoms with E-state index >= 15 is 0 Å². The molecule has 1 aliphatic heterocycles. The highest BCUT2D eigenvalue weighted by Gasteiger charge is 2.32. The fourth-order valence-corrected chi connectivity index (χ4v) is 3.87. The summed E-state index contributed by atoms with van der Waals surface area (Å²) >= 11 is 9.73. The van der Waals surface area contributed by atoms with Gasteiger partial charge in [-0.2, -0.15) is 5.26 Å². The van der Waals surface area contributed by atoms with Crippen molar-refractivity contribution in [1.29, 1.82) is 5.26 Å². The van der Waals surface area contributed by atoms with Crippen LogP contribution in [0.3, 0.4) is 0 Å². The van der Waals surface area contributed by atoms with E-state index in [-0.39, 0.29) is 23.8 Å². The summed E-state index contributed by atoms with van der Waals surface area (Å²) in [6, 6.07) is 21.3. The molecular weight excluding hydrogens is 496 g/mol. The molecule has 160 valence electrons. The number of halogens is 2. The Morgan fingerprint density at radius 1 is 1.09 bits per heavy atom. The third-order valence-electron chi connectivity index (χ3n) is 4.81. The lowest BCUT2D eigenvalue weighted by atomic mass is 9.83. The number of nitriles is 1. The number of rotatable bonds is 5. The van der Waals surface area contributed by atoms with Crippen LogP contribution in [0, 0.1) is 11.3 Å². The Kier molecular flexibility index (Phi) is 6.35. The molecule has 0 aromatic heterocycles. The minimum absolute atomic E-state index is 0.0213. The highest BCUT2D eigenvalue weighted by molar-refractivity contribution is 9.10. The van der Waals surface area contributed by atoms with Crippen LogP contribution in [-0.4, -0.2) is 12.6 Å². The molecule has 0 saturated carbocycles. The van der Waals surface area contributed by atoms with E-state index in [9.17, 15) is 10.1 Å². The smallest absolute Gasteiger partial charge is 0.349 e. The van der Waals surface area contributed by atoms with E-state index in [1.54, 1.807) is 36.4 Å². The number of benzene rings is 3. The molecule has 1 unspecified atom stereocenters. The summed E-state index contributed by atoms with van der Waals surface area (Å²) < 4.78 is 17.4. The van der Waals surface area contributed by atoms with E-state index in [0.29, 0.717) is 22.1 Å². The van der Waals surface area contributed by atoms with E-state index in [2.05, 4.69) is 22.0 Å². The lowest BCUT2D eigenvalue weighted by Crippen LogP contribution is -2.22. The number of carbonyl (C=O) groups excluding carboxylic acids is 1. The zero-order chi connectivity index (χ0) is 22.7. The van der Waals surface area contributed by atoms with Gasteiger partial charge in [-0.25, -0.2) is 4.79 Å². The summed E-state index contributed by atoms with van der Waals surface area (Å²) in [5.74, 6) is 0.0933. The molecule has 3 aromatic carbocycles. The van der Waals surface area contributed by atoms with Gasteiger partial charge in [-0.05, 0) is 42.0 Å². The maximum atomic E-state index is 12.2. The summed E-state index contributed by atoms with van der Waals surface area (Å²) in [7, 11) is 0. The molecule has 0 saturated heterocycles. The van der Waals surface area contributed by atoms with Crippen LogP contribution in [0.4, 0.5) is 0 Å². The first kappa shape index (κ1) is 21.8. The van der Waals surface area contributed by atoms with E-state index in [4.69, 9.17) is 31.5 Å². The normalized spacial score (nSPS) is 14.7. The Morgan fingerprint density at radius 3 is 2.53 bits per heavy atom. The fraction of sp³-hybridized carbons (Fsp3) is 0.0833. The lowest BCUT2D eigenvalue weighted by Gasteiger charge is -2.27. The SMILES string of the molecule is N#CC1=C(N)Oc2cc(OC(=O)COc3ccc(Br)cc3)ccc2C1c1ccccc1Cl. The number of allylic oxidation sites excluding steroid dienone is 1. The monoisotopic (exact) mass is 510 g/mol. The minimum Gasteiger partial charge on any atom is -0.482 e. The first-order valence-electron chi connectivity index (χ1n) is 9.51. The van der Waals surface area contributed by atoms with Gasteiger partial charge in [-0.1, -0.05) is 51.8 Å². The van der Waals surface area contributed by atoms with Crippen LogP contribution in [0.5, 0.6) is 17.2 Å². The zero-order valence-corrected chi connectivity index (χ0v) is 18.9. The van der Waals surface area contributed by atoms with Gasteiger partial charge in [0, 0.05) is 21.1 Å². The molecule has 0 spiro atoms. The third-order valence-corrected chi connectivity index (χ3v) is 5.68. The molecule has 4 rings (SSSR count). The predicted molar refractivity (Wildman–Crippen MR) is 122 cm³/mol. The van der Waals surface area contributed by atoms with Gasteiger partial charge < -0.3 is 19.9 Å². The maximum absolute atomic E-state index is 12.2. The number of esters is 1. The van der Waals surface area contributed by atoms with Gasteiger partial charge in [0.25, 0.3) is 0 Å². The van der Waals surface area contributed by atoms with Crippen molar-refractivity contribution in [2.45, 2.75) is 5.92 Å². The Hall–Kier alpha value is -3.47. The van der Waals surface area contributed by atoms with Gasteiger partial charge in [-0.3, -0.25) is 0 Å². The van der Waals surface area contributed by atoms with Crippen molar-refractivity contribution in [1.82, 2.24) is 0 Å². The maximum Gasteiger partial charge on any atom is 0.349 e. The Morgan fingerprint density at radius 2 is 1.81 bits per heavy atom. The number of hydrogen-bond acceptors (Lipinski definition) is 6. The first-order valence-corrected chi connectivity index (χ1v) is 10.7. The molecular formula is C24H16BrClN2O4. The minimum atomic E-state index is -0.576. The van der Waals surface area contributed by atoms with E-state index in [1.165, 1.54) is 0 Å². The van der Waals surface area contributed by atoms with Crippen molar-refractivity contribution >= 4 is 33.5 Å². The molecule has 8 heteroatoms. The first-order chi connectivity index (χ1) is 15.5. The van der Waals surface area contributed by atoms with Gasteiger partial charge in [0.05, 0.1) is 5.92 Å². The number of nitrogens with two attached hydrogens (primary N) is 1. The lowest BCUT2D eigenvalue weighted by molar-refractivity contribution is -0.136. The summed E-state index contributed by atoms with van der Waals surface area (Å²) in [6.07, 6.45) is 0. The van der Waals surface area contributed by atoms with E-state index < -0.39 is 11.9 Å². The van der Waals surface area contributed by atoms with Crippen molar-refractivity contribution in [3.8, 4) is 23.3 Å². The number of fused-ring (bicyclic) bond motifs is 1. The molecule has 6 nitrogen and oxygen atoms in total. The summed E-state index contributed by atoms with van der Waals surface area (Å²) in [5.41, 5.74) is 7.70. The summed E-state index contributed by atoms with van der Waals surface area (Å²) in [6.45, 7) is -0.261. The van der Waals surface area contributed by atoms with Crippen molar-refractivity contribution in [3.05, 3.63) is 98.8 Å². The number of hydrogen-bond donors (Lipinski definition) is 1. The summed E-state index contributed by atoms with van der Waals surface area (Å²) in [5, 5.41) is 10.2.